The molecule has 0 aliphatic rings. The number of halogens is 6. The molecular weight excluding hydrogens is 382 g/mol. The fraction of sp³-hybridized carbons (Fsp3) is 0.176. The van der Waals surface area contributed by atoms with E-state index < -0.39 is 64.1 Å². The maximum Gasteiger partial charge on any atom is 0.417 e. The minimum Gasteiger partial charge on any atom is -0.478 e. The number of alkyl halides is 6. The van der Waals surface area contributed by atoms with E-state index in [0.29, 0.717) is 12.1 Å². The zero-order valence-electron chi connectivity index (χ0n) is 13.1. The molecule has 0 aliphatic carbocycles. The van der Waals surface area contributed by atoms with Gasteiger partial charge in [-0.1, -0.05) is 24.3 Å². The van der Waals surface area contributed by atoms with Gasteiger partial charge in [-0.05, 0) is 29.7 Å². The van der Waals surface area contributed by atoms with E-state index in [2.05, 4.69) is 0 Å². The second-order valence-corrected chi connectivity index (χ2v) is 5.46. The number of hydrogen-bond donors (Lipinski definition) is 2. The molecule has 2 aromatic rings. The van der Waals surface area contributed by atoms with Gasteiger partial charge in [0.15, 0.2) is 0 Å². The molecule has 27 heavy (non-hydrogen) atoms. The van der Waals surface area contributed by atoms with E-state index >= 15 is 0 Å². The Morgan fingerprint density at radius 2 is 1.04 bits per heavy atom. The molecule has 0 heterocycles. The van der Waals surface area contributed by atoms with Crippen molar-refractivity contribution in [3.63, 3.8) is 0 Å². The lowest BCUT2D eigenvalue weighted by atomic mass is 9.91. The number of aromatic carboxylic acids is 2. The van der Waals surface area contributed by atoms with Crippen LogP contribution in [0.25, 0.3) is 0 Å². The molecule has 0 unspecified atom stereocenters. The van der Waals surface area contributed by atoms with Gasteiger partial charge in [-0.15, -0.1) is 0 Å². The molecule has 2 rings (SSSR count). The summed E-state index contributed by atoms with van der Waals surface area (Å²) < 4.78 is 80.0. The first-order valence-electron chi connectivity index (χ1n) is 7.18. The highest BCUT2D eigenvalue weighted by molar-refractivity contribution is 5.91. The van der Waals surface area contributed by atoms with Crippen LogP contribution < -0.4 is 0 Å². The molecule has 0 saturated heterocycles. The maximum absolute atomic E-state index is 13.3. The molecule has 0 aromatic heterocycles. The lowest BCUT2D eigenvalue weighted by molar-refractivity contribution is -0.138. The van der Waals surface area contributed by atoms with Gasteiger partial charge in [-0.25, -0.2) is 9.59 Å². The van der Waals surface area contributed by atoms with Gasteiger partial charge in [0, 0.05) is 0 Å². The van der Waals surface area contributed by atoms with E-state index in [1.165, 1.54) is 0 Å². The smallest absolute Gasteiger partial charge is 0.417 e. The van der Waals surface area contributed by atoms with E-state index in [1.807, 2.05) is 0 Å². The molecule has 0 radical (unpaired) electrons. The number of carbonyl (C=O) groups is 2. The number of hydrogen-bond acceptors (Lipinski definition) is 2. The van der Waals surface area contributed by atoms with Gasteiger partial charge in [0.05, 0.1) is 22.3 Å². The highest BCUT2D eigenvalue weighted by Gasteiger charge is 2.40. The van der Waals surface area contributed by atoms with Crippen LogP contribution in [0.15, 0.2) is 36.4 Å². The zero-order chi connectivity index (χ0) is 20.6. The third-order valence-corrected chi connectivity index (χ3v) is 3.71. The summed E-state index contributed by atoms with van der Waals surface area (Å²) in [6.45, 7) is 0. The molecule has 0 spiro atoms. The third kappa shape index (κ3) is 4.21. The molecule has 0 bridgehead atoms. The molecule has 0 aliphatic heterocycles. The van der Waals surface area contributed by atoms with Crippen molar-refractivity contribution in [1.82, 2.24) is 0 Å². The van der Waals surface area contributed by atoms with E-state index in [1.54, 1.807) is 0 Å². The molecule has 144 valence electrons. The summed E-state index contributed by atoms with van der Waals surface area (Å²) in [5.41, 5.74) is -6.80. The van der Waals surface area contributed by atoms with Gasteiger partial charge in [0.2, 0.25) is 0 Å². The van der Waals surface area contributed by atoms with Crippen LogP contribution in [0, 0.1) is 0 Å². The number of rotatable bonds is 4. The van der Waals surface area contributed by atoms with E-state index in [0.717, 1.165) is 24.3 Å². The molecule has 2 aromatic carbocycles. The average Bonchev–Trinajstić information content (AvgIpc) is 2.52. The molecule has 10 heteroatoms. The summed E-state index contributed by atoms with van der Waals surface area (Å²) in [6.07, 6.45) is -11.2. The van der Waals surface area contributed by atoms with Crippen LogP contribution in [0.5, 0.6) is 0 Å². The fourth-order valence-electron chi connectivity index (χ4n) is 2.73. The largest absolute Gasteiger partial charge is 0.478 e. The lowest BCUT2D eigenvalue weighted by Gasteiger charge is -2.19. The quantitative estimate of drug-likeness (QED) is 0.739. The van der Waals surface area contributed by atoms with Crippen LogP contribution in [-0.4, -0.2) is 22.2 Å². The van der Waals surface area contributed by atoms with Crippen LogP contribution in [-0.2, 0) is 18.8 Å². The van der Waals surface area contributed by atoms with Gasteiger partial charge in [0.1, 0.15) is 0 Å². The van der Waals surface area contributed by atoms with Crippen LogP contribution >= 0.6 is 0 Å². The van der Waals surface area contributed by atoms with Crippen LogP contribution in [0.1, 0.15) is 43.0 Å². The molecule has 0 amide bonds. The molecule has 0 saturated carbocycles. The maximum atomic E-state index is 13.3. The Balaban J connectivity index is 2.73. The van der Waals surface area contributed by atoms with Crippen molar-refractivity contribution in [2.24, 2.45) is 0 Å². The van der Waals surface area contributed by atoms with Crippen molar-refractivity contribution in [2.45, 2.75) is 18.8 Å². The van der Waals surface area contributed by atoms with Gasteiger partial charge in [0.25, 0.3) is 0 Å². The summed E-state index contributed by atoms with van der Waals surface area (Å²) >= 11 is 0. The fourth-order valence-corrected chi connectivity index (χ4v) is 2.73. The topological polar surface area (TPSA) is 74.6 Å². The van der Waals surface area contributed by atoms with Crippen LogP contribution in [0.3, 0.4) is 0 Å². The highest BCUT2D eigenvalue weighted by Crippen LogP contribution is 2.39. The first-order valence-corrected chi connectivity index (χ1v) is 7.18. The SMILES string of the molecule is O=C(O)c1cccc(Cc2cccc(C(=O)O)c2C(F)(F)F)c1C(F)(F)F. The molecule has 4 nitrogen and oxygen atoms in total. The number of benzene rings is 2. The molecular formula is C17H10F6O4. The second kappa shape index (κ2) is 6.93. The lowest BCUT2D eigenvalue weighted by Crippen LogP contribution is -2.19. The standard InChI is InChI=1S/C17H10F6O4/c18-16(19,20)12-8(3-1-5-10(12)14(24)25)7-9-4-2-6-11(15(26)27)13(9)17(21,22)23/h1-6H,7H2,(H,24,25)(H,26,27). The summed E-state index contributed by atoms with van der Waals surface area (Å²) in [7, 11) is 0. The Morgan fingerprint density at radius 3 is 1.30 bits per heavy atom. The minimum absolute atomic E-state index is 0.687. The summed E-state index contributed by atoms with van der Waals surface area (Å²) in [6, 6.07) is 5.02. The molecule has 0 fully saturated rings. The van der Waals surface area contributed by atoms with Crippen molar-refractivity contribution in [2.75, 3.05) is 0 Å². The third-order valence-electron chi connectivity index (χ3n) is 3.71. The Hall–Kier alpha value is -3.04. The summed E-state index contributed by atoms with van der Waals surface area (Å²) in [4.78, 5) is 22.2. The van der Waals surface area contributed by atoms with Crippen molar-refractivity contribution < 1.29 is 46.1 Å². The van der Waals surface area contributed by atoms with Gasteiger partial charge >= 0.3 is 24.3 Å². The van der Waals surface area contributed by atoms with Crippen LogP contribution in [0.2, 0.25) is 0 Å². The van der Waals surface area contributed by atoms with E-state index in [9.17, 15) is 35.9 Å². The minimum atomic E-state index is -5.13. The van der Waals surface area contributed by atoms with Crippen molar-refractivity contribution >= 4 is 11.9 Å². The Kier molecular flexibility index (Phi) is 5.21. The number of carboxylic acids is 2. The Bertz CT molecular complexity index is 826. The predicted molar refractivity (Wildman–Crippen MR) is 79.6 cm³/mol. The van der Waals surface area contributed by atoms with Gasteiger partial charge in [-0.2, -0.15) is 26.3 Å². The summed E-state index contributed by atoms with van der Waals surface area (Å²) in [5.74, 6) is -3.78. The van der Waals surface area contributed by atoms with Crippen LogP contribution in [0.4, 0.5) is 26.3 Å². The van der Waals surface area contributed by atoms with Crippen molar-refractivity contribution in [3.8, 4) is 0 Å². The highest BCUT2D eigenvalue weighted by atomic mass is 19.4. The first-order chi connectivity index (χ1) is 12.3. The summed E-state index contributed by atoms with van der Waals surface area (Å²) in [5, 5.41) is 17.9. The Morgan fingerprint density at radius 1 is 0.704 bits per heavy atom. The average molecular weight is 392 g/mol. The first kappa shape index (κ1) is 20.3. The number of carboxylic acid groups (broad SMARTS) is 2. The predicted octanol–water partition coefficient (Wildman–Crippen LogP) is 4.71. The molecule has 2 N–H and O–H groups in total. The Labute approximate surface area is 147 Å². The monoisotopic (exact) mass is 392 g/mol. The normalized spacial score (nSPS) is 12.1. The van der Waals surface area contributed by atoms with E-state index in [4.69, 9.17) is 10.2 Å². The van der Waals surface area contributed by atoms with Crippen molar-refractivity contribution in [3.05, 3.63) is 69.8 Å². The zero-order valence-corrected chi connectivity index (χ0v) is 13.1. The second-order valence-electron chi connectivity index (χ2n) is 5.46. The molecule has 0 atom stereocenters. The van der Waals surface area contributed by atoms with Crippen molar-refractivity contribution in [1.29, 1.82) is 0 Å². The van der Waals surface area contributed by atoms with E-state index in [-0.39, 0.29) is 0 Å². The van der Waals surface area contributed by atoms with Gasteiger partial charge in [-0.3, -0.25) is 0 Å². The van der Waals surface area contributed by atoms with Gasteiger partial charge < -0.3 is 10.2 Å².